The summed E-state index contributed by atoms with van der Waals surface area (Å²) in [5, 5.41) is 0. The average molecular weight is 284 g/mol. The van der Waals surface area contributed by atoms with Gasteiger partial charge in [-0.05, 0) is 31.2 Å². The maximum atomic E-state index is 12.4. The standard InChI is InChI=1S/C18H20O3/c1-14(19)18(17(20)21-2,13-16-10-6-7-11-16)12-15-8-4-3-5-9-15/h3-11,16H,12-13H2,1-2H3. The zero-order valence-corrected chi connectivity index (χ0v) is 12.4. The van der Waals surface area contributed by atoms with Crippen LogP contribution in [0.3, 0.4) is 0 Å². The molecule has 0 heterocycles. The Bertz CT molecular complexity index is 559. The number of carbonyl (C=O) groups excluding carboxylic acids is 2. The Morgan fingerprint density at radius 2 is 1.76 bits per heavy atom. The van der Waals surface area contributed by atoms with Gasteiger partial charge in [-0.1, -0.05) is 54.6 Å². The molecule has 0 spiro atoms. The summed E-state index contributed by atoms with van der Waals surface area (Å²) in [6, 6.07) is 9.60. The first-order valence-corrected chi connectivity index (χ1v) is 7.07. The third kappa shape index (κ3) is 3.30. The molecule has 3 heteroatoms. The van der Waals surface area contributed by atoms with Gasteiger partial charge in [0.25, 0.3) is 0 Å². The Morgan fingerprint density at radius 3 is 2.29 bits per heavy atom. The van der Waals surface area contributed by atoms with Crippen molar-refractivity contribution in [2.45, 2.75) is 19.8 Å². The van der Waals surface area contributed by atoms with Crippen LogP contribution in [0, 0.1) is 11.3 Å². The highest BCUT2D eigenvalue weighted by molar-refractivity contribution is 6.03. The molecule has 0 fully saturated rings. The molecule has 0 aromatic heterocycles. The number of ketones is 1. The van der Waals surface area contributed by atoms with Gasteiger partial charge in [0.2, 0.25) is 0 Å². The SMILES string of the molecule is COC(=O)C(Cc1ccccc1)(CC1C=CC=C1)C(C)=O. The number of rotatable bonds is 6. The first-order chi connectivity index (χ1) is 10.1. The van der Waals surface area contributed by atoms with Gasteiger partial charge in [-0.2, -0.15) is 0 Å². The van der Waals surface area contributed by atoms with Crippen LogP contribution >= 0.6 is 0 Å². The summed E-state index contributed by atoms with van der Waals surface area (Å²) in [6.07, 6.45) is 8.70. The van der Waals surface area contributed by atoms with Gasteiger partial charge in [-0.25, -0.2) is 0 Å². The molecule has 1 aliphatic carbocycles. The van der Waals surface area contributed by atoms with Crippen LogP contribution in [-0.2, 0) is 20.7 Å². The molecular weight excluding hydrogens is 264 g/mol. The molecule has 110 valence electrons. The van der Waals surface area contributed by atoms with Gasteiger partial charge in [0.15, 0.2) is 0 Å². The van der Waals surface area contributed by atoms with E-state index >= 15 is 0 Å². The zero-order chi connectivity index (χ0) is 15.3. The van der Waals surface area contributed by atoms with Crippen LogP contribution < -0.4 is 0 Å². The molecule has 21 heavy (non-hydrogen) atoms. The Kier molecular flexibility index (Phi) is 4.73. The summed E-state index contributed by atoms with van der Waals surface area (Å²) in [6.45, 7) is 1.47. The van der Waals surface area contributed by atoms with Gasteiger partial charge < -0.3 is 4.74 Å². The highest BCUT2D eigenvalue weighted by Crippen LogP contribution is 2.35. The van der Waals surface area contributed by atoms with Crippen LogP contribution in [0.1, 0.15) is 18.9 Å². The predicted molar refractivity (Wildman–Crippen MR) is 81.7 cm³/mol. The maximum absolute atomic E-state index is 12.4. The molecule has 0 amide bonds. The second kappa shape index (κ2) is 6.53. The second-order valence-electron chi connectivity index (χ2n) is 5.43. The van der Waals surface area contributed by atoms with Gasteiger partial charge in [0, 0.05) is 0 Å². The minimum atomic E-state index is -1.13. The van der Waals surface area contributed by atoms with E-state index in [-0.39, 0.29) is 11.7 Å². The number of benzene rings is 1. The van der Waals surface area contributed by atoms with Crippen molar-refractivity contribution >= 4 is 11.8 Å². The first kappa shape index (κ1) is 15.2. The van der Waals surface area contributed by atoms with Crippen molar-refractivity contribution in [1.29, 1.82) is 0 Å². The lowest BCUT2D eigenvalue weighted by Gasteiger charge is -2.30. The average Bonchev–Trinajstić information content (AvgIpc) is 2.99. The van der Waals surface area contributed by atoms with E-state index in [4.69, 9.17) is 4.74 Å². The van der Waals surface area contributed by atoms with E-state index in [0.29, 0.717) is 12.8 Å². The van der Waals surface area contributed by atoms with Gasteiger partial charge in [0.1, 0.15) is 11.2 Å². The maximum Gasteiger partial charge on any atom is 0.319 e. The lowest BCUT2D eigenvalue weighted by molar-refractivity contribution is -0.158. The Hall–Kier alpha value is -2.16. The summed E-state index contributed by atoms with van der Waals surface area (Å²) in [7, 11) is 1.34. The number of allylic oxidation sites excluding steroid dienone is 4. The van der Waals surface area contributed by atoms with Crippen LogP contribution in [-0.4, -0.2) is 18.9 Å². The molecule has 0 saturated carbocycles. The van der Waals surface area contributed by atoms with Crippen LogP contribution in [0.15, 0.2) is 54.6 Å². The molecule has 1 atom stereocenters. The number of esters is 1. The molecule has 0 saturated heterocycles. The number of carbonyl (C=O) groups is 2. The van der Waals surface area contributed by atoms with E-state index in [1.807, 2.05) is 54.6 Å². The molecule has 0 N–H and O–H groups in total. The van der Waals surface area contributed by atoms with Gasteiger partial charge >= 0.3 is 5.97 Å². The summed E-state index contributed by atoms with van der Waals surface area (Å²) in [5.41, 5.74) is -0.163. The van der Waals surface area contributed by atoms with Crippen molar-refractivity contribution in [3.63, 3.8) is 0 Å². The van der Waals surface area contributed by atoms with E-state index in [1.165, 1.54) is 14.0 Å². The molecule has 1 aliphatic rings. The first-order valence-electron chi connectivity index (χ1n) is 7.07. The Morgan fingerprint density at radius 1 is 1.14 bits per heavy atom. The topological polar surface area (TPSA) is 43.4 Å². The normalized spacial score (nSPS) is 16.7. The van der Waals surface area contributed by atoms with Crippen LogP contribution in [0.5, 0.6) is 0 Å². The number of Topliss-reactive ketones (excluding diaryl/α,β-unsaturated/α-hetero) is 1. The minimum absolute atomic E-state index is 0.0942. The third-order valence-corrected chi connectivity index (χ3v) is 4.01. The van der Waals surface area contributed by atoms with Crippen LogP contribution in [0.2, 0.25) is 0 Å². The van der Waals surface area contributed by atoms with Gasteiger partial charge in [-0.15, -0.1) is 0 Å². The largest absolute Gasteiger partial charge is 0.468 e. The fourth-order valence-corrected chi connectivity index (χ4v) is 2.80. The van der Waals surface area contributed by atoms with E-state index in [1.54, 1.807) is 0 Å². The molecule has 0 bridgehead atoms. The molecule has 1 aromatic carbocycles. The number of hydrogen-bond acceptors (Lipinski definition) is 3. The molecular formula is C18H20O3. The smallest absolute Gasteiger partial charge is 0.319 e. The highest BCUT2D eigenvalue weighted by atomic mass is 16.5. The lowest BCUT2D eigenvalue weighted by atomic mass is 9.72. The number of methoxy groups -OCH3 is 1. The van der Waals surface area contributed by atoms with Crippen LogP contribution in [0.25, 0.3) is 0 Å². The summed E-state index contributed by atoms with van der Waals surface area (Å²) >= 11 is 0. The summed E-state index contributed by atoms with van der Waals surface area (Å²) in [4.78, 5) is 24.7. The zero-order valence-electron chi connectivity index (χ0n) is 12.4. The van der Waals surface area contributed by atoms with Crippen LogP contribution in [0.4, 0.5) is 0 Å². The number of hydrogen-bond donors (Lipinski definition) is 0. The summed E-state index contributed by atoms with van der Waals surface area (Å²) < 4.78 is 4.95. The van der Waals surface area contributed by atoms with Crippen molar-refractivity contribution in [2.75, 3.05) is 7.11 Å². The van der Waals surface area contributed by atoms with E-state index in [2.05, 4.69) is 0 Å². The van der Waals surface area contributed by atoms with Gasteiger partial charge in [0.05, 0.1) is 7.11 Å². The van der Waals surface area contributed by atoms with E-state index in [9.17, 15) is 9.59 Å². The monoisotopic (exact) mass is 284 g/mol. The molecule has 1 aromatic rings. The molecule has 1 unspecified atom stereocenters. The lowest BCUT2D eigenvalue weighted by Crippen LogP contribution is -2.42. The minimum Gasteiger partial charge on any atom is -0.468 e. The molecule has 2 rings (SSSR count). The van der Waals surface area contributed by atoms with Crippen molar-refractivity contribution in [3.8, 4) is 0 Å². The van der Waals surface area contributed by atoms with Crippen molar-refractivity contribution < 1.29 is 14.3 Å². The highest BCUT2D eigenvalue weighted by Gasteiger charge is 2.45. The van der Waals surface area contributed by atoms with E-state index < -0.39 is 11.4 Å². The quantitative estimate of drug-likeness (QED) is 0.595. The predicted octanol–water partition coefficient (Wildman–Crippen LogP) is 3.11. The third-order valence-electron chi connectivity index (χ3n) is 4.01. The van der Waals surface area contributed by atoms with Crippen molar-refractivity contribution in [1.82, 2.24) is 0 Å². The molecule has 3 nitrogen and oxygen atoms in total. The fraction of sp³-hybridized carbons (Fsp3) is 0.333. The second-order valence-corrected chi connectivity index (χ2v) is 5.43. The summed E-state index contributed by atoms with van der Waals surface area (Å²) in [5.74, 6) is -0.504. The Labute approximate surface area is 125 Å². The molecule has 0 radical (unpaired) electrons. The molecule has 0 aliphatic heterocycles. The van der Waals surface area contributed by atoms with Crippen molar-refractivity contribution in [3.05, 3.63) is 60.2 Å². The number of ether oxygens (including phenoxy) is 1. The van der Waals surface area contributed by atoms with E-state index in [0.717, 1.165) is 5.56 Å². The Balaban J connectivity index is 2.35. The fourth-order valence-electron chi connectivity index (χ4n) is 2.80. The van der Waals surface area contributed by atoms with Gasteiger partial charge in [-0.3, -0.25) is 9.59 Å². The van der Waals surface area contributed by atoms with Crippen molar-refractivity contribution in [2.24, 2.45) is 11.3 Å².